The van der Waals surface area contributed by atoms with Crippen LogP contribution in [-0.4, -0.2) is 11.1 Å². The van der Waals surface area contributed by atoms with Crippen molar-refractivity contribution in [3.63, 3.8) is 0 Å². The molecule has 2 aromatic rings. The molecule has 2 rings (SSSR count). The standard InChI is InChI=1S/C14H11NO3S/c15-7-10-1-3-11(4-2-10)8-19-9-12-5-6-13(18-12)14(16)17/h1-6H,8-9H2,(H,16,17). The second kappa shape index (κ2) is 6.12. The van der Waals surface area contributed by atoms with Gasteiger partial charge in [0.05, 0.1) is 17.4 Å². The summed E-state index contributed by atoms with van der Waals surface area (Å²) in [5.74, 6) is 0.968. The number of furan rings is 1. The molecule has 0 aliphatic heterocycles. The molecule has 0 aliphatic rings. The smallest absolute Gasteiger partial charge is 0.371 e. The van der Waals surface area contributed by atoms with E-state index in [9.17, 15) is 4.79 Å². The molecule has 0 amide bonds. The Morgan fingerprint density at radius 3 is 2.53 bits per heavy atom. The highest BCUT2D eigenvalue weighted by atomic mass is 32.2. The van der Waals surface area contributed by atoms with Crippen LogP contribution in [0.3, 0.4) is 0 Å². The van der Waals surface area contributed by atoms with Crippen LogP contribution < -0.4 is 0 Å². The molecular formula is C14H11NO3S. The molecule has 19 heavy (non-hydrogen) atoms. The molecule has 0 aliphatic carbocycles. The largest absolute Gasteiger partial charge is 0.475 e. The highest BCUT2D eigenvalue weighted by Crippen LogP contribution is 2.19. The summed E-state index contributed by atoms with van der Waals surface area (Å²) < 4.78 is 5.16. The zero-order chi connectivity index (χ0) is 13.7. The number of nitrogens with zero attached hydrogens (tertiary/aromatic N) is 1. The van der Waals surface area contributed by atoms with Crippen LogP contribution in [0, 0.1) is 11.3 Å². The Labute approximate surface area is 114 Å². The second-order valence-electron chi connectivity index (χ2n) is 3.87. The van der Waals surface area contributed by atoms with Crippen molar-refractivity contribution < 1.29 is 14.3 Å². The molecule has 0 spiro atoms. The first-order valence-corrected chi connectivity index (χ1v) is 6.73. The predicted octanol–water partition coefficient (Wildman–Crippen LogP) is 3.28. The van der Waals surface area contributed by atoms with E-state index in [0.717, 1.165) is 11.3 Å². The van der Waals surface area contributed by atoms with E-state index in [1.165, 1.54) is 6.07 Å². The second-order valence-corrected chi connectivity index (χ2v) is 4.86. The van der Waals surface area contributed by atoms with Gasteiger partial charge in [-0.15, -0.1) is 11.8 Å². The van der Waals surface area contributed by atoms with Crippen LogP contribution in [0.1, 0.15) is 27.4 Å². The summed E-state index contributed by atoms with van der Waals surface area (Å²) in [5, 5.41) is 17.4. The zero-order valence-electron chi connectivity index (χ0n) is 10.00. The molecule has 1 N–H and O–H groups in total. The Balaban J connectivity index is 1.85. The van der Waals surface area contributed by atoms with Gasteiger partial charge in [-0.3, -0.25) is 0 Å². The average Bonchev–Trinajstić information content (AvgIpc) is 2.89. The van der Waals surface area contributed by atoms with Crippen molar-refractivity contribution in [3.05, 3.63) is 59.0 Å². The quantitative estimate of drug-likeness (QED) is 0.904. The number of hydrogen-bond donors (Lipinski definition) is 1. The van der Waals surface area contributed by atoms with Gasteiger partial charge < -0.3 is 9.52 Å². The van der Waals surface area contributed by atoms with Gasteiger partial charge in [0.2, 0.25) is 5.76 Å². The van der Waals surface area contributed by atoms with Crippen molar-refractivity contribution in [2.45, 2.75) is 11.5 Å². The maximum absolute atomic E-state index is 10.6. The van der Waals surface area contributed by atoms with Gasteiger partial charge in [-0.25, -0.2) is 4.79 Å². The number of benzene rings is 1. The minimum atomic E-state index is -1.05. The first kappa shape index (κ1) is 13.2. The van der Waals surface area contributed by atoms with Gasteiger partial charge in [-0.05, 0) is 29.8 Å². The van der Waals surface area contributed by atoms with Crippen LogP contribution in [0.4, 0.5) is 0 Å². The van der Waals surface area contributed by atoms with Gasteiger partial charge in [0.25, 0.3) is 0 Å². The summed E-state index contributed by atoms with van der Waals surface area (Å²) in [6, 6.07) is 12.6. The van der Waals surface area contributed by atoms with E-state index in [0.29, 0.717) is 17.1 Å². The lowest BCUT2D eigenvalue weighted by molar-refractivity contribution is 0.0661. The van der Waals surface area contributed by atoms with Crippen molar-refractivity contribution in [1.29, 1.82) is 5.26 Å². The monoisotopic (exact) mass is 273 g/mol. The zero-order valence-corrected chi connectivity index (χ0v) is 10.8. The maximum atomic E-state index is 10.6. The van der Waals surface area contributed by atoms with E-state index < -0.39 is 5.97 Å². The normalized spacial score (nSPS) is 10.1. The molecule has 0 unspecified atom stereocenters. The topological polar surface area (TPSA) is 74.2 Å². The highest BCUT2D eigenvalue weighted by molar-refractivity contribution is 7.97. The van der Waals surface area contributed by atoms with Gasteiger partial charge in [-0.1, -0.05) is 12.1 Å². The van der Waals surface area contributed by atoms with E-state index in [-0.39, 0.29) is 5.76 Å². The third-order valence-corrected chi connectivity index (χ3v) is 3.49. The summed E-state index contributed by atoms with van der Waals surface area (Å²) in [6.45, 7) is 0. The van der Waals surface area contributed by atoms with Gasteiger partial charge in [0.15, 0.2) is 0 Å². The number of carbonyl (C=O) groups is 1. The lowest BCUT2D eigenvalue weighted by Gasteiger charge is -2.00. The van der Waals surface area contributed by atoms with Crippen molar-refractivity contribution in [3.8, 4) is 6.07 Å². The van der Waals surface area contributed by atoms with Crippen LogP contribution in [0.25, 0.3) is 0 Å². The summed E-state index contributed by atoms with van der Waals surface area (Å²) >= 11 is 1.63. The Kier molecular flexibility index (Phi) is 4.26. The molecule has 0 atom stereocenters. The first-order chi connectivity index (χ1) is 9.19. The van der Waals surface area contributed by atoms with Crippen LogP contribution in [-0.2, 0) is 11.5 Å². The third kappa shape index (κ3) is 3.63. The number of thioether (sulfide) groups is 1. The van der Waals surface area contributed by atoms with Gasteiger partial charge in [-0.2, -0.15) is 5.26 Å². The van der Waals surface area contributed by atoms with Crippen LogP contribution >= 0.6 is 11.8 Å². The van der Waals surface area contributed by atoms with E-state index >= 15 is 0 Å². The summed E-state index contributed by atoms with van der Waals surface area (Å²) in [7, 11) is 0. The Morgan fingerprint density at radius 1 is 1.21 bits per heavy atom. The Hall–Kier alpha value is -2.19. The van der Waals surface area contributed by atoms with E-state index in [1.54, 1.807) is 30.0 Å². The molecule has 96 valence electrons. The van der Waals surface area contributed by atoms with Gasteiger partial charge in [0.1, 0.15) is 5.76 Å². The number of carboxylic acid groups (broad SMARTS) is 1. The minimum Gasteiger partial charge on any atom is -0.475 e. The van der Waals surface area contributed by atoms with Gasteiger partial charge in [0, 0.05) is 5.75 Å². The minimum absolute atomic E-state index is 0.0334. The van der Waals surface area contributed by atoms with Crippen LogP contribution in [0.5, 0.6) is 0 Å². The number of aromatic carboxylic acids is 1. The molecule has 1 aromatic heterocycles. The molecule has 0 radical (unpaired) electrons. The number of carboxylic acids is 1. The van der Waals surface area contributed by atoms with Crippen LogP contribution in [0.2, 0.25) is 0 Å². The predicted molar refractivity (Wildman–Crippen MR) is 71.8 cm³/mol. The number of rotatable bonds is 5. The molecule has 4 nitrogen and oxygen atoms in total. The number of hydrogen-bond acceptors (Lipinski definition) is 4. The fourth-order valence-electron chi connectivity index (χ4n) is 1.52. The van der Waals surface area contributed by atoms with E-state index in [1.807, 2.05) is 12.1 Å². The van der Waals surface area contributed by atoms with Crippen molar-refractivity contribution in [2.75, 3.05) is 0 Å². The average molecular weight is 273 g/mol. The highest BCUT2D eigenvalue weighted by Gasteiger charge is 2.08. The summed E-state index contributed by atoms with van der Waals surface area (Å²) in [6.07, 6.45) is 0. The molecular weight excluding hydrogens is 262 g/mol. The van der Waals surface area contributed by atoms with Crippen molar-refractivity contribution in [1.82, 2.24) is 0 Å². The Bertz CT molecular complexity index is 610. The Morgan fingerprint density at radius 2 is 1.95 bits per heavy atom. The molecule has 0 saturated carbocycles. The third-order valence-electron chi connectivity index (χ3n) is 2.47. The molecule has 5 heteroatoms. The summed E-state index contributed by atoms with van der Waals surface area (Å²) in [4.78, 5) is 10.6. The lowest BCUT2D eigenvalue weighted by Crippen LogP contribution is -1.91. The van der Waals surface area contributed by atoms with E-state index in [4.69, 9.17) is 14.8 Å². The molecule has 0 saturated heterocycles. The SMILES string of the molecule is N#Cc1ccc(CSCc2ccc(C(=O)O)o2)cc1. The van der Waals surface area contributed by atoms with Crippen molar-refractivity contribution >= 4 is 17.7 Å². The lowest BCUT2D eigenvalue weighted by atomic mass is 10.2. The molecule has 1 heterocycles. The maximum Gasteiger partial charge on any atom is 0.371 e. The molecule has 1 aromatic carbocycles. The fourth-order valence-corrected chi connectivity index (χ4v) is 2.40. The van der Waals surface area contributed by atoms with Crippen LogP contribution in [0.15, 0.2) is 40.8 Å². The molecule has 0 bridgehead atoms. The van der Waals surface area contributed by atoms with E-state index in [2.05, 4.69) is 6.07 Å². The first-order valence-electron chi connectivity index (χ1n) is 5.58. The fraction of sp³-hybridized carbons (Fsp3) is 0.143. The van der Waals surface area contributed by atoms with Gasteiger partial charge >= 0.3 is 5.97 Å². The summed E-state index contributed by atoms with van der Waals surface area (Å²) in [5.41, 5.74) is 1.76. The molecule has 0 fully saturated rings. The van der Waals surface area contributed by atoms with Crippen molar-refractivity contribution in [2.24, 2.45) is 0 Å². The number of nitriles is 1.